The fraction of sp³-hybridized carbons (Fsp3) is 0.533. The average Bonchev–Trinajstić information content (AvgIpc) is 2.83. The summed E-state index contributed by atoms with van der Waals surface area (Å²) in [6.07, 6.45) is 0.486. The minimum absolute atomic E-state index is 0.0127. The molecule has 4 N–H and O–H groups in total. The van der Waals surface area contributed by atoms with Crippen LogP contribution in [0.15, 0.2) is 12.1 Å². The normalized spacial score (nSPS) is 14.9. The second kappa shape index (κ2) is 5.81. The van der Waals surface area contributed by atoms with Gasteiger partial charge in [-0.05, 0) is 17.9 Å². The molecule has 1 amide bonds. The number of benzene rings is 1. The van der Waals surface area contributed by atoms with Gasteiger partial charge in [-0.1, -0.05) is 20.8 Å². The zero-order chi connectivity index (χ0) is 15.6. The van der Waals surface area contributed by atoms with Crippen LogP contribution in [0.25, 0.3) is 0 Å². The maximum absolute atomic E-state index is 12.4. The van der Waals surface area contributed by atoms with Crippen molar-refractivity contribution in [3.05, 3.63) is 17.7 Å². The molecule has 1 aromatic rings. The maximum Gasteiger partial charge on any atom is 0.253 e. The van der Waals surface area contributed by atoms with E-state index in [2.05, 4.69) is 5.32 Å². The monoisotopic (exact) mass is 294 g/mol. The number of rotatable bonds is 4. The molecule has 1 aromatic carbocycles. The summed E-state index contributed by atoms with van der Waals surface area (Å²) in [6, 6.07) is 3.03. The van der Waals surface area contributed by atoms with Crippen molar-refractivity contribution in [3.63, 3.8) is 0 Å². The smallest absolute Gasteiger partial charge is 0.253 e. The molecule has 6 nitrogen and oxygen atoms in total. The predicted octanol–water partition coefficient (Wildman–Crippen LogP) is 1.52. The lowest BCUT2D eigenvalue weighted by molar-refractivity contribution is 0.0885. The Bertz CT molecular complexity index is 537. The van der Waals surface area contributed by atoms with Crippen molar-refractivity contribution in [1.29, 1.82) is 0 Å². The van der Waals surface area contributed by atoms with Crippen LogP contribution in [0.4, 0.5) is 5.69 Å². The number of anilines is 1. The summed E-state index contributed by atoms with van der Waals surface area (Å²) < 4.78 is 10.5. The van der Waals surface area contributed by atoms with E-state index in [1.807, 2.05) is 20.8 Å². The zero-order valence-electron chi connectivity index (χ0n) is 12.6. The summed E-state index contributed by atoms with van der Waals surface area (Å²) in [5, 5.41) is 12.1. The Morgan fingerprint density at radius 2 is 2.00 bits per heavy atom. The number of carbonyl (C=O) groups excluding carboxylic acids is 1. The van der Waals surface area contributed by atoms with E-state index in [-0.39, 0.29) is 30.8 Å². The molecule has 1 aliphatic rings. The summed E-state index contributed by atoms with van der Waals surface area (Å²) in [6.45, 7) is 6.18. The number of nitrogen functional groups attached to an aromatic ring is 1. The van der Waals surface area contributed by atoms with Gasteiger partial charge < -0.3 is 25.6 Å². The third-order valence-corrected chi connectivity index (χ3v) is 3.56. The fourth-order valence-electron chi connectivity index (χ4n) is 2.24. The van der Waals surface area contributed by atoms with Crippen molar-refractivity contribution in [2.45, 2.75) is 33.2 Å². The van der Waals surface area contributed by atoms with Crippen LogP contribution in [0.3, 0.4) is 0 Å². The van der Waals surface area contributed by atoms with E-state index in [0.29, 0.717) is 29.2 Å². The molecule has 0 saturated carbocycles. The van der Waals surface area contributed by atoms with Gasteiger partial charge in [0.25, 0.3) is 5.91 Å². The van der Waals surface area contributed by atoms with Gasteiger partial charge in [0.2, 0.25) is 6.79 Å². The number of hydrogen-bond donors (Lipinski definition) is 3. The van der Waals surface area contributed by atoms with Crippen LogP contribution in [0.5, 0.6) is 11.5 Å². The average molecular weight is 294 g/mol. The van der Waals surface area contributed by atoms with Crippen LogP contribution in [0.1, 0.15) is 37.6 Å². The number of aliphatic hydroxyl groups excluding tert-OH is 1. The zero-order valence-corrected chi connectivity index (χ0v) is 12.6. The molecule has 21 heavy (non-hydrogen) atoms. The molecule has 0 aliphatic carbocycles. The summed E-state index contributed by atoms with van der Waals surface area (Å²) >= 11 is 0. The van der Waals surface area contributed by atoms with E-state index >= 15 is 0 Å². The highest BCUT2D eigenvalue weighted by Gasteiger charge is 2.27. The minimum Gasteiger partial charge on any atom is -0.454 e. The first-order valence-corrected chi connectivity index (χ1v) is 6.93. The van der Waals surface area contributed by atoms with Crippen molar-refractivity contribution < 1.29 is 19.4 Å². The molecule has 0 radical (unpaired) electrons. The molecule has 0 saturated heterocycles. The van der Waals surface area contributed by atoms with E-state index in [1.165, 1.54) is 0 Å². The SMILES string of the molecule is CC(C)(C)C(CCO)NC(=O)c1cc2c(cc1N)OCO2. The van der Waals surface area contributed by atoms with Gasteiger partial charge in [0.05, 0.1) is 5.56 Å². The van der Waals surface area contributed by atoms with E-state index in [1.54, 1.807) is 12.1 Å². The van der Waals surface area contributed by atoms with Crippen molar-refractivity contribution in [1.82, 2.24) is 5.32 Å². The highest BCUT2D eigenvalue weighted by atomic mass is 16.7. The van der Waals surface area contributed by atoms with Gasteiger partial charge in [-0.25, -0.2) is 0 Å². The Morgan fingerprint density at radius 3 is 2.57 bits per heavy atom. The van der Waals surface area contributed by atoms with Crippen LogP contribution in [0, 0.1) is 5.41 Å². The number of nitrogens with one attached hydrogen (secondary N) is 1. The molecule has 1 unspecified atom stereocenters. The molecular weight excluding hydrogens is 272 g/mol. The number of ether oxygens (including phenoxy) is 2. The third kappa shape index (κ3) is 3.39. The van der Waals surface area contributed by atoms with Crippen LogP contribution in [-0.2, 0) is 0 Å². The molecule has 2 rings (SSSR count). The number of hydrogen-bond acceptors (Lipinski definition) is 5. The number of carbonyl (C=O) groups is 1. The first kappa shape index (κ1) is 15.4. The molecule has 1 atom stereocenters. The maximum atomic E-state index is 12.4. The summed E-state index contributed by atoms with van der Waals surface area (Å²) in [4.78, 5) is 12.4. The molecule has 0 bridgehead atoms. The highest BCUT2D eigenvalue weighted by molar-refractivity contribution is 6.00. The predicted molar refractivity (Wildman–Crippen MR) is 79.4 cm³/mol. The minimum atomic E-state index is -0.279. The van der Waals surface area contributed by atoms with Gasteiger partial charge in [0.15, 0.2) is 11.5 Å². The molecule has 1 heterocycles. The van der Waals surface area contributed by atoms with Gasteiger partial charge >= 0.3 is 0 Å². The van der Waals surface area contributed by atoms with E-state index in [0.717, 1.165) is 0 Å². The van der Waals surface area contributed by atoms with Gasteiger partial charge in [-0.3, -0.25) is 4.79 Å². The first-order chi connectivity index (χ1) is 9.82. The van der Waals surface area contributed by atoms with Crippen LogP contribution >= 0.6 is 0 Å². The Kier molecular flexibility index (Phi) is 4.27. The third-order valence-electron chi connectivity index (χ3n) is 3.56. The molecule has 116 valence electrons. The quantitative estimate of drug-likeness (QED) is 0.732. The van der Waals surface area contributed by atoms with Gasteiger partial charge in [0.1, 0.15) is 0 Å². The second-order valence-corrected chi connectivity index (χ2v) is 6.20. The topological polar surface area (TPSA) is 93.8 Å². The number of amides is 1. The second-order valence-electron chi connectivity index (χ2n) is 6.20. The summed E-state index contributed by atoms with van der Waals surface area (Å²) in [5.41, 5.74) is 6.44. The lowest BCUT2D eigenvalue weighted by atomic mass is 9.84. The molecule has 0 aromatic heterocycles. The Morgan fingerprint density at radius 1 is 1.38 bits per heavy atom. The Balaban J connectivity index is 2.20. The van der Waals surface area contributed by atoms with Crippen LogP contribution in [0.2, 0.25) is 0 Å². The van der Waals surface area contributed by atoms with Crippen molar-refractivity contribution in [3.8, 4) is 11.5 Å². The molecule has 0 spiro atoms. The van der Waals surface area contributed by atoms with Crippen LogP contribution in [-0.4, -0.2) is 30.5 Å². The van der Waals surface area contributed by atoms with Gasteiger partial charge in [0, 0.05) is 24.4 Å². The standard InChI is InChI=1S/C15H22N2O4/c1-15(2,3)13(4-5-18)17-14(19)9-6-11-12(7-10(9)16)21-8-20-11/h6-7,13,18H,4-5,8,16H2,1-3H3,(H,17,19). The fourth-order valence-corrected chi connectivity index (χ4v) is 2.24. The summed E-state index contributed by atoms with van der Waals surface area (Å²) in [5.74, 6) is 0.787. The summed E-state index contributed by atoms with van der Waals surface area (Å²) in [7, 11) is 0. The number of nitrogens with two attached hydrogens (primary N) is 1. The number of aliphatic hydroxyl groups is 1. The molecule has 6 heteroatoms. The first-order valence-electron chi connectivity index (χ1n) is 6.93. The van der Waals surface area contributed by atoms with Crippen molar-refractivity contribution in [2.75, 3.05) is 19.1 Å². The van der Waals surface area contributed by atoms with Gasteiger partial charge in [-0.15, -0.1) is 0 Å². The van der Waals surface area contributed by atoms with E-state index < -0.39 is 0 Å². The van der Waals surface area contributed by atoms with E-state index in [9.17, 15) is 4.79 Å². The lowest BCUT2D eigenvalue weighted by Crippen LogP contribution is -2.44. The lowest BCUT2D eigenvalue weighted by Gasteiger charge is -2.31. The highest BCUT2D eigenvalue weighted by Crippen LogP contribution is 2.36. The van der Waals surface area contributed by atoms with Crippen LogP contribution < -0.4 is 20.5 Å². The molecular formula is C15H22N2O4. The molecule has 0 fully saturated rings. The van der Waals surface area contributed by atoms with Crippen molar-refractivity contribution >= 4 is 11.6 Å². The van der Waals surface area contributed by atoms with Crippen molar-refractivity contribution in [2.24, 2.45) is 5.41 Å². The number of fused-ring (bicyclic) bond motifs is 1. The largest absolute Gasteiger partial charge is 0.454 e. The Hall–Kier alpha value is -1.95. The Labute approximate surface area is 124 Å². The van der Waals surface area contributed by atoms with E-state index in [4.69, 9.17) is 20.3 Å². The van der Waals surface area contributed by atoms with Gasteiger partial charge in [-0.2, -0.15) is 0 Å². The molecule has 1 aliphatic heterocycles.